The first kappa shape index (κ1) is 48.6. The SMILES string of the molecule is CC[C@H](C)[C@H](NC(=O)[C@@H](NC(=O)[C@H](CCCN=C(N)N)NC(=O)[C@H](CCCN=C(N)N)NC(=O)[C@H](CCCN=C(N)N)NC(=O)[C@@H]1CCCN1)C(C)C)C(=O)O. The highest BCUT2D eigenvalue weighted by atomic mass is 16.4. The molecule has 1 saturated heterocycles. The summed E-state index contributed by atoms with van der Waals surface area (Å²) in [5.41, 5.74) is 32.7. The van der Waals surface area contributed by atoms with E-state index in [2.05, 4.69) is 46.9 Å². The summed E-state index contributed by atoms with van der Waals surface area (Å²) in [5, 5.41) is 26.2. The van der Waals surface area contributed by atoms with Crippen molar-refractivity contribution in [3.8, 4) is 0 Å². The number of rotatable bonds is 26. The van der Waals surface area contributed by atoms with E-state index in [0.29, 0.717) is 25.8 Å². The van der Waals surface area contributed by atoms with E-state index in [1.165, 1.54) is 0 Å². The molecule has 0 aromatic carbocycles. The molecule has 0 saturated carbocycles. The van der Waals surface area contributed by atoms with Gasteiger partial charge in [-0.15, -0.1) is 0 Å². The number of carboxylic acids is 1. The molecule has 0 radical (unpaired) electrons. The number of nitrogens with two attached hydrogens (primary N) is 6. The van der Waals surface area contributed by atoms with Crippen LogP contribution in [0.15, 0.2) is 15.0 Å². The van der Waals surface area contributed by atoms with Gasteiger partial charge in [0.25, 0.3) is 0 Å². The summed E-state index contributed by atoms with van der Waals surface area (Å²) in [7, 11) is 0. The third-order valence-electron chi connectivity index (χ3n) is 9.14. The lowest BCUT2D eigenvalue weighted by Gasteiger charge is -2.29. The number of nitrogens with one attached hydrogen (secondary N) is 6. The van der Waals surface area contributed by atoms with Crippen LogP contribution in [-0.2, 0) is 28.8 Å². The monoisotopic (exact) mass is 796 g/mol. The molecule has 19 N–H and O–H groups in total. The lowest BCUT2D eigenvalue weighted by molar-refractivity contribution is -0.144. The van der Waals surface area contributed by atoms with Crippen LogP contribution in [0.4, 0.5) is 0 Å². The quantitative estimate of drug-likeness (QED) is 0.0226. The molecule has 0 aromatic rings. The fourth-order valence-electron chi connectivity index (χ4n) is 5.76. The van der Waals surface area contributed by atoms with Crippen molar-refractivity contribution in [2.45, 2.75) is 122 Å². The molecule has 22 heteroatoms. The van der Waals surface area contributed by atoms with Gasteiger partial charge in [0.2, 0.25) is 29.5 Å². The van der Waals surface area contributed by atoms with Crippen molar-refractivity contribution in [2.24, 2.45) is 61.2 Å². The van der Waals surface area contributed by atoms with Crippen LogP contribution >= 0.6 is 0 Å². The van der Waals surface area contributed by atoms with Gasteiger partial charge in [-0.2, -0.15) is 0 Å². The molecule has 0 aromatic heterocycles. The van der Waals surface area contributed by atoms with E-state index >= 15 is 0 Å². The van der Waals surface area contributed by atoms with Gasteiger partial charge in [0, 0.05) is 19.6 Å². The summed E-state index contributed by atoms with van der Waals surface area (Å²) in [4.78, 5) is 91.8. The Morgan fingerprint density at radius 1 is 0.643 bits per heavy atom. The third-order valence-corrected chi connectivity index (χ3v) is 9.14. The summed E-state index contributed by atoms with van der Waals surface area (Å²) in [5.74, 6) is -5.81. The van der Waals surface area contributed by atoms with Crippen molar-refractivity contribution >= 4 is 53.4 Å². The van der Waals surface area contributed by atoms with E-state index in [0.717, 1.165) is 6.42 Å². The molecular weight excluding hydrogens is 730 g/mol. The topological polar surface area (TPSA) is 388 Å². The molecule has 0 unspecified atom stereocenters. The van der Waals surface area contributed by atoms with Gasteiger partial charge < -0.3 is 71.4 Å². The number of carbonyl (C=O) groups is 6. The van der Waals surface area contributed by atoms with Gasteiger partial charge in [0.05, 0.1) is 6.04 Å². The van der Waals surface area contributed by atoms with Crippen LogP contribution in [0.3, 0.4) is 0 Å². The average molecular weight is 796 g/mol. The van der Waals surface area contributed by atoms with Crippen LogP contribution in [0.5, 0.6) is 0 Å². The third kappa shape index (κ3) is 18.8. The zero-order valence-electron chi connectivity index (χ0n) is 33.0. The second-order valence-corrected chi connectivity index (χ2v) is 14.1. The van der Waals surface area contributed by atoms with E-state index in [-0.39, 0.29) is 75.5 Å². The Bertz CT molecular complexity index is 1390. The Hall–Kier alpha value is -5.41. The van der Waals surface area contributed by atoms with Gasteiger partial charge in [0.1, 0.15) is 30.2 Å². The van der Waals surface area contributed by atoms with Gasteiger partial charge in [-0.25, -0.2) is 4.79 Å². The van der Waals surface area contributed by atoms with Crippen LogP contribution in [0.25, 0.3) is 0 Å². The minimum absolute atomic E-state index is 0.0118. The molecule has 56 heavy (non-hydrogen) atoms. The standard InChI is InChI=1S/C34H65N15O7/c1-5-19(4)25(31(55)56)49-30(54)24(18(2)3)48-29(53)23(13-9-17-44-34(39)40)47-28(52)22(12-8-16-43-33(37)38)46-27(51)21(11-7-15-42-32(35)36)45-26(50)20-10-6-14-41-20/h18-25,41H,5-17H2,1-4H3,(H,45,50)(H,46,51)(H,47,52)(H,48,53)(H,49,54)(H,55,56)(H4,35,36,42)(H4,37,38,43)(H4,39,40,44)/t19-,20-,21-,22-,23-,24-,25-/m0/s1. The highest BCUT2D eigenvalue weighted by molar-refractivity contribution is 5.96. The molecule has 5 amide bonds. The molecule has 0 spiro atoms. The molecule has 1 heterocycles. The maximum absolute atomic E-state index is 14.0. The van der Waals surface area contributed by atoms with Crippen molar-refractivity contribution < 1.29 is 33.9 Å². The number of carbonyl (C=O) groups excluding carboxylic acids is 5. The number of nitrogens with zero attached hydrogens (tertiary/aromatic N) is 3. The number of amides is 5. The van der Waals surface area contributed by atoms with Gasteiger partial charge in [-0.1, -0.05) is 34.1 Å². The van der Waals surface area contributed by atoms with Gasteiger partial charge in [0.15, 0.2) is 17.9 Å². The lowest BCUT2D eigenvalue weighted by atomic mass is 9.97. The minimum atomic E-state index is -1.25. The highest BCUT2D eigenvalue weighted by Gasteiger charge is 2.35. The molecule has 7 atom stereocenters. The van der Waals surface area contributed by atoms with Crippen molar-refractivity contribution in [2.75, 3.05) is 26.2 Å². The first-order valence-electron chi connectivity index (χ1n) is 19.0. The normalized spacial score (nSPS) is 16.8. The van der Waals surface area contributed by atoms with Crippen molar-refractivity contribution in [3.63, 3.8) is 0 Å². The zero-order valence-corrected chi connectivity index (χ0v) is 33.0. The summed E-state index contributed by atoms with van der Waals surface area (Å²) >= 11 is 0. The van der Waals surface area contributed by atoms with Crippen LogP contribution in [0.2, 0.25) is 0 Å². The molecule has 1 aliphatic rings. The molecule has 1 rings (SSSR count). The lowest BCUT2D eigenvalue weighted by Crippen LogP contribution is -2.60. The smallest absolute Gasteiger partial charge is 0.326 e. The van der Waals surface area contributed by atoms with Crippen molar-refractivity contribution in [1.82, 2.24) is 31.9 Å². The fourth-order valence-corrected chi connectivity index (χ4v) is 5.76. The maximum Gasteiger partial charge on any atom is 0.326 e. The second-order valence-electron chi connectivity index (χ2n) is 14.1. The van der Waals surface area contributed by atoms with E-state index in [1.54, 1.807) is 27.7 Å². The molecule has 1 aliphatic heterocycles. The fraction of sp³-hybridized carbons (Fsp3) is 0.735. The first-order valence-corrected chi connectivity index (χ1v) is 19.0. The van der Waals surface area contributed by atoms with Gasteiger partial charge in [-0.3, -0.25) is 38.9 Å². The molecule has 0 bridgehead atoms. The predicted molar refractivity (Wildman–Crippen MR) is 212 cm³/mol. The summed E-state index contributed by atoms with van der Waals surface area (Å²) < 4.78 is 0. The maximum atomic E-state index is 14.0. The van der Waals surface area contributed by atoms with E-state index in [4.69, 9.17) is 34.4 Å². The predicted octanol–water partition coefficient (Wildman–Crippen LogP) is -3.89. The minimum Gasteiger partial charge on any atom is -0.480 e. The van der Waals surface area contributed by atoms with Crippen LogP contribution < -0.4 is 66.3 Å². The van der Waals surface area contributed by atoms with E-state index in [9.17, 15) is 33.9 Å². The number of hydrogen-bond acceptors (Lipinski definition) is 10. The Morgan fingerprint density at radius 2 is 1.05 bits per heavy atom. The molecule has 318 valence electrons. The average Bonchev–Trinajstić information content (AvgIpc) is 3.67. The second kappa shape index (κ2) is 25.6. The zero-order chi connectivity index (χ0) is 42.4. The Kier molecular flexibility index (Phi) is 22.2. The Balaban J connectivity index is 3.39. The highest BCUT2D eigenvalue weighted by Crippen LogP contribution is 2.12. The number of aliphatic carboxylic acids is 1. The van der Waals surface area contributed by atoms with E-state index in [1.807, 2.05) is 0 Å². The van der Waals surface area contributed by atoms with Crippen molar-refractivity contribution in [1.29, 1.82) is 0 Å². The summed E-state index contributed by atoms with van der Waals surface area (Å²) in [6.45, 7) is 7.90. The van der Waals surface area contributed by atoms with Crippen LogP contribution in [-0.4, -0.2) is 121 Å². The Labute approximate surface area is 328 Å². The van der Waals surface area contributed by atoms with Crippen LogP contribution in [0, 0.1) is 11.8 Å². The molecule has 22 nitrogen and oxygen atoms in total. The van der Waals surface area contributed by atoms with E-state index < -0.39 is 77.7 Å². The number of carboxylic acid groups (broad SMARTS) is 1. The van der Waals surface area contributed by atoms with Crippen LogP contribution in [0.1, 0.15) is 85.5 Å². The van der Waals surface area contributed by atoms with Gasteiger partial charge in [-0.05, 0) is 69.7 Å². The largest absolute Gasteiger partial charge is 0.480 e. The van der Waals surface area contributed by atoms with Gasteiger partial charge >= 0.3 is 5.97 Å². The van der Waals surface area contributed by atoms with Crippen molar-refractivity contribution in [3.05, 3.63) is 0 Å². The summed E-state index contributed by atoms with van der Waals surface area (Å²) in [6, 6.07) is -6.40. The number of aliphatic imine (C=N–C) groups is 3. The molecular formula is C34H65N15O7. The summed E-state index contributed by atoms with van der Waals surface area (Å²) in [6.07, 6.45) is 2.82. The first-order chi connectivity index (χ1) is 26.4. The number of guanidine groups is 3. The molecule has 1 fully saturated rings. The molecule has 0 aliphatic carbocycles. The Morgan fingerprint density at radius 3 is 1.41 bits per heavy atom. The number of hydrogen-bond donors (Lipinski definition) is 13.